The number of aromatic nitrogens is 1. The third-order valence-corrected chi connectivity index (χ3v) is 6.47. The first-order chi connectivity index (χ1) is 16.9. The van der Waals surface area contributed by atoms with Crippen molar-refractivity contribution >= 4 is 17.5 Å². The van der Waals surface area contributed by atoms with Crippen LogP contribution in [0.2, 0.25) is 0 Å². The van der Waals surface area contributed by atoms with Crippen molar-refractivity contribution in [3.05, 3.63) is 83.1 Å². The minimum absolute atomic E-state index is 0.0382. The molecular weight excluding hydrogens is 459 g/mol. The summed E-state index contributed by atoms with van der Waals surface area (Å²) in [5.74, 6) is -2.75. The summed E-state index contributed by atoms with van der Waals surface area (Å²) in [5.41, 5.74) is 0.929. The number of likely N-dealkylation sites (tertiary alicyclic amines) is 1. The molecule has 0 unspecified atom stereocenters. The van der Waals surface area contributed by atoms with Crippen LogP contribution in [0.5, 0.6) is 0 Å². The minimum Gasteiger partial charge on any atom is -0.448 e. The highest BCUT2D eigenvalue weighted by Crippen LogP contribution is 2.45. The maximum absolute atomic E-state index is 15.6. The SMILES string of the molecule is O=C(Nc1c(Cc2ccccc2)cc(F)c(C2CC2)c1F)[C@@H]1C[C@@H](F)CN1C(=O)Cc1ncco1. The molecule has 9 heteroatoms. The standard InChI is InChI=1S/C26H24F3N3O3/c27-18-12-20(32(14-18)22(33)13-21-30-8-9-35-21)26(34)31-25-17(10-15-4-2-1-3-5-15)11-19(28)23(24(25)29)16-6-7-16/h1-5,8-9,11,16,18,20H,6-7,10,12-14H2,(H,31,34)/t18-,20+/m1/s1. The molecule has 6 nitrogen and oxygen atoms in total. The van der Waals surface area contributed by atoms with Crippen molar-refractivity contribution < 1.29 is 27.2 Å². The molecule has 0 bridgehead atoms. The van der Waals surface area contributed by atoms with Crippen LogP contribution in [0.25, 0.3) is 0 Å². The van der Waals surface area contributed by atoms with Gasteiger partial charge in [-0.1, -0.05) is 30.3 Å². The maximum atomic E-state index is 15.6. The highest BCUT2D eigenvalue weighted by molar-refractivity contribution is 5.98. The molecule has 2 fully saturated rings. The van der Waals surface area contributed by atoms with Gasteiger partial charge in [0, 0.05) is 12.0 Å². The van der Waals surface area contributed by atoms with Crippen molar-refractivity contribution in [3.63, 3.8) is 0 Å². The molecule has 1 aliphatic heterocycles. The first-order valence-electron chi connectivity index (χ1n) is 11.6. The molecule has 182 valence electrons. The lowest BCUT2D eigenvalue weighted by Gasteiger charge is -2.24. The lowest BCUT2D eigenvalue weighted by molar-refractivity contribution is -0.136. The van der Waals surface area contributed by atoms with E-state index in [0.717, 1.165) is 10.5 Å². The second kappa shape index (κ2) is 9.56. The molecule has 2 aliphatic rings. The first kappa shape index (κ1) is 23.1. The Kier molecular flexibility index (Phi) is 6.32. The Hall–Kier alpha value is -3.62. The molecule has 1 aromatic heterocycles. The van der Waals surface area contributed by atoms with E-state index in [4.69, 9.17) is 4.42 Å². The van der Waals surface area contributed by atoms with E-state index in [0.29, 0.717) is 12.8 Å². The van der Waals surface area contributed by atoms with Gasteiger partial charge in [0.2, 0.25) is 17.7 Å². The van der Waals surface area contributed by atoms with Crippen LogP contribution in [0, 0.1) is 11.6 Å². The zero-order chi connectivity index (χ0) is 24.5. The van der Waals surface area contributed by atoms with Crippen LogP contribution in [0.1, 0.15) is 47.8 Å². The zero-order valence-corrected chi connectivity index (χ0v) is 18.8. The number of halogens is 3. The summed E-state index contributed by atoms with van der Waals surface area (Å²) in [6.07, 6.45) is 2.41. The smallest absolute Gasteiger partial charge is 0.247 e. The summed E-state index contributed by atoms with van der Waals surface area (Å²) in [4.78, 5) is 31.0. The van der Waals surface area contributed by atoms with Gasteiger partial charge < -0.3 is 14.6 Å². The number of rotatable bonds is 7. The number of nitrogens with one attached hydrogen (secondary N) is 1. The van der Waals surface area contributed by atoms with E-state index in [2.05, 4.69) is 10.3 Å². The van der Waals surface area contributed by atoms with E-state index in [1.165, 1.54) is 18.5 Å². The molecule has 2 aromatic carbocycles. The van der Waals surface area contributed by atoms with Crippen molar-refractivity contribution in [2.75, 3.05) is 11.9 Å². The Bertz CT molecular complexity index is 1230. The molecule has 2 heterocycles. The van der Waals surface area contributed by atoms with Gasteiger partial charge in [0.25, 0.3) is 0 Å². The molecule has 1 aliphatic carbocycles. The number of hydrogen-bond donors (Lipinski definition) is 1. The summed E-state index contributed by atoms with van der Waals surface area (Å²) in [7, 11) is 0. The van der Waals surface area contributed by atoms with E-state index in [9.17, 15) is 18.4 Å². The fourth-order valence-corrected chi connectivity index (χ4v) is 4.61. The lowest BCUT2D eigenvalue weighted by Crippen LogP contribution is -2.44. The number of amides is 2. The average Bonchev–Trinajstić information content (AvgIpc) is 3.37. The summed E-state index contributed by atoms with van der Waals surface area (Å²) in [6, 6.07) is 9.24. The Balaban J connectivity index is 1.43. The molecule has 1 N–H and O–H groups in total. The number of hydrogen-bond acceptors (Lipinski definition) is 4. The van der Waals surface area contributed by atoms with Crippen molar-refractivity contribution in [2.24, 2.45) is 0 Å². The Labute approximate surface area is 200 Å². The number of alkyl halides is 1. The molecule has 2 atom stereocenters. The largest absolute Gasteiger partial charge is 0.448 e. The normalized spacial score (nSPS) is 19.7. The van der Waals surface area contributed by atoms with Gasteiger partial charge in [-0.2, -0.15) is 0 Å². The second-order valence-corrected chi connectivity index (χ2v) is 9.04. The van der Waals surface area contributed by atoms with Gasteiger partial charge in [-0.25, -0.2) is 18.2 Å². The molecule has 1 saturated carbocycles. The molecule has 3 aromatic rings. The van der Waals surface area contributed by atoms with Gasteiger partial charge in [0.05, 0.1) is 18.4 Å². The van der Waals surface area contributed by atoms with Gasteiger partial charge in [-0.15, -0.1) is 0 Å². The summed E-state index contributed by atoms with van der Waals surface area (Å²) in [6.45, 7) is -0.256. The molecule has 1 saturated heterocycles. The third-order valence-electron chi connectivity index (χ3n) is 6.47. The van der Waals surface area contributed by atoms with Crippen LogP contribution in [-0.4, -0.2) is 40.5 Å². The van der Waals surface area contributed by atoms with Crippen LogP contribution in [0.15, 0.2) is 53.3 Å². The van der Waals surface area contributed by atoms with E-state index < -0.39 is 35.7 Å². The Morgan fingerprint density at radius 2 is 1.94 bits per heavy atom. The van der Waals surface area contributed by atoms with Crippen molar-refractivity contribution in [1.29, 1.82) is 0 Å². The van der Waals surface area contributed by atoms with Gasteiger partial charge in [0.1, 0.15) is 30.7 Å². The van der Waals surface area contributed by atoms with Gasteiger partial charge in [-0.3, -0.25) is 9.59 Å². The molecule has 0 spiro atoms. The average molecular weight is 483 g/mol. The molecule has 0 radical (unpaired) electrons. The monoisotopic (exact) mass is 483 g/mol. The van der Waals surface area contributed by atoms with Crippen molar-refractivity contribution in [1.82, 2.24) is 9.88 Å². The Morgan fingerprint density at radius 3 is 2.63 bits per heavy atom. The van der Waals surface area contributed by atoms with Crippen LogP contribution < -0.4 is 5.32 Å². The maximum Gasteiger partial charge on any atom is 0.247 e. The van der Waals surface area contributed by atoms with E-state index in [1.807, 2.05) is 30.3 Å². The summed E-state index contributed by atoms with van der Waals surface area (Å²) < 4.78 is 49.8. The summed E-state index contributed by atoms with van der Waals surface area (Å²) >= 11 is 0. The number of carbonyl (C=O) groups excluding carboxylic acids is 2. The number of anilines is 1. The van der Waals surface area contributed by atoms with Gasteiger partial charge in [-0.05, 0) is 42.4 Å². The minimum atomic E-state index is -1.40. The molecule has 5 rings (SSSR count). The van der Waals surface area contributed by atoms with E-state index >= 15 is 4.39 Å². The summed E-state index contributed by atoms with van der Waals surface area (Å²) in [5, 5.41) is 2.58. The van der Waals surface area contributed by atoms with Gasteiger partial charge in [0.15, 0.2) is 5.82 Å². The molecule has 2 amide bonds. The molecule has 35 heavy (non-hydrogen) atoms. The van der Waals surface area contributed by atoms with Crippen LogP contribution in [0.4, 0.5) is 18.9 Å². The predicted molar refractivity (Wildman–Crippen MR) is 121 cm³/mol. The van der Waals surface area contributed by atoms with Crippen molar-refractivity contribution in [2.45, 2.75) is 50.2 Å². The lowest BCUT2D eigenvalue weighted by atomic mass is 9.98. The first-order valence-corrected chi connectivity index (χ1v) is 11.6. The number of nitrogens with zero attached hydrogens (tertiary/aromatic N) is 2. The Morgan fingerprint density at radius 1 is 1.17 bits per heavy atom. The highest BCUT2D eigenvalue weighted by atomic mass is 19.1. The van der Waals surface area contributed by atoms with Crippen LogP contribution in [0.3, 0.4) is 0 Å². The zero-order valence-electron chi connectivity index (χ0n) is 18.8. The molecular formula is C26H24F3N3O3. The van der Waals surface area contributed by atoms with Gasteiger partial charge >= 0.3 is 0 Å². The van der Waals surface area contributed by atoms with E-state index in [1.54, 1.807) is 0 Å². The number of oxazole rings is 1. The number of benzene rings is 2. The predicted octanol–water partition coefficient (Wildman–Crippen LogP) is 4.54. The second-order valence-electron chi connectivity index (χ2n) is 9.04. The third kappa shape index (κ3) is 4.94. The van der Waals surface area contributed by atoms with Crippen LogP contribution in [-0.2, 0) is 22.4 Å². The highest BCUT2D eigenvalue weighted by Gasteiger charge is 2.41. The fraction of sp³-hybridized carbons (Fsp3) is 0.346. The fourth-order valence-electron chi connectivity index (χ4n) is 4.61. The van der Waals surface area contributed by atoms with E-state index in [-0.39, 0.29) is 54.4 Å². The number of carbonyl (C=O) groups is 2. The quantitative estimate of drug-likeness (QED) is 0.536. The topological polar surface area (TPSA) is 75.4 Å². The van der Waals surface area contributed by atoms with Crippen molar-refractivity contribution in [3.8, 4) is 0 Å². The van der Waals surface area contributed by atoms with Crippen LogP contribution >= 0.6 is 0 Å².